The molecule has 4 heteroatoms. The van der Waals surface area contributed by atoms with Crippen LogP contribution in [0.1, 0.15) is 58.3 Å². The summed E-state index contributed by atoms with van der Waals surface area (Å²) in [5, 5.41) is 0. The number of carbonyl (C=O) groups excluding carboxylic acids is 1. The molecule has 1 aliphatic carbocycles. The van der Waals surface area contributed by atoms with Crippen LogP contribution in [-0.4, -0.2) is 35.5 Å². The number of carbonyl (C=O) groups is 1. The number of amides is 1. The van der Waals surface area contributed by atoms with Gasteiger partial charge in [-0.1, -0.05) is 19.8 Å². The minimum absolute atomic E-state index is 0.321. The van der Waals surface area contributed by atoms with Crippen molar-refractivity contribution in [2.75, 3.05) is 13.1 Å². The fourth-order valence-corrected chi connectivity index (χ4v) is 3.83. The zero-order chi connectivity index (χ0) is 13.9. The van der Waals surface area contributed by atoms with Gasteiger partial charge in [-0.3, -0.25) is 4.79 Å². The van der Waals surface area contributed by atoms with Crippen molar-refractivity contribution in [3.63, 3.8) is 0 Å². The zero-order valence-electron chi connectivity index (χ0n) is 12.2. The largest absolute Gasteiger partial charge is 0.368 e. The molecule has 4 N–H and O–H groups in total. The van der Waals surface area contributed by atoms with Crippen LogP contribution in [0, 0.1) is 5.92 Å². The van der Waals surface area contributed by atoms with Crippen molar-refractivity contribution in [1.29, 1.82) is 0 Å². The predicted molar refractivity (Wildman–Crippen MR) is 77.6 cm³/mol. The van der Waals surface area contributed by atoms with Crippen LogP contribution in [-0.2, 0) is 4.79 Å². The van der Waals surface area contributed by atoms with E-state index in [0.717, 1.165) is 25.2 Å². The molecule has 19 heavy (non-hydrogen) atoms. The molecule has 1 saturated heterocycles. The van der Waals surface area contributed by atoms with Crippen LogP contribution in [0.15, 0.2) is 0 Å². The van der Waals surface area contributed by atoms with Crippen molar-refractivity contribution in [3.8, 4) is 0 Å². The van der Waals surface area contributed by atoms with Gasteiger partial charge >= 0.3 is 0 Å². The van der Waals surface area contributed by atoms with Crippen LogP contribution < -0.4 is 11.5 Å². The maximum atomic E-state index is 11.5. The first-order chi connectivity index (χ1) is 9.05. The molecule has 1 heterocycles. The zero-order valence-corrected chi connectivity index (χ0v) is 12.2. The van der Waals surface area contributed by atoms with E-state index in [4.69, 9.17) is 11.5 Å². The van der Waals surface area contributed by atoms with Gasteiger partial charge in [-0.15, -0.1) is 0 Å². The number of piperidine rings is 1. The van der Waals surface area contributed by atoms with Crippen molar-refractivity contribution in [2.24, 2.45) is 17.4 Å². The van der Waals surface area contributed by atoms with Gasteiger partial charge in [-0.25, -0.2) is 0 Å². The van der Waals surface area contributed by atoms with Gasteiger partial charge in [0, 0.05) is 6.04 Å². The first-order valence-electron chi connectivity index (χ1n) is 7.88. The Morgan fingerprint density at radius 2 is 2.00 bits per heavy atom. The van der Waals surface area contributed by atoms with Crippen molar-refractivity contribution in [1.82, 2.24) is 4.90 Å². The number of nitrogens with zero attached hydrogens (tertiary/aromatic N) is 1. The van der Waals surface area contributed by atoms with Crippen molar-refractivity contribution in [2.45, 2.75) is 69.9 Å². The molecular formula is C15H29N3O. The van der Waals surface area contributed by atoms with E-state index >= 15 is 0 Å². The van der Waals surface area contributed by atoms with Crippen LogP contribution in [0.5, 0.6) is 0 Å². The first-order valence-corrected chi connectivity index (χ1v) is 7.88. The summed E-state index contributed by atoms with van der Waals surface area (Å²) in [5.74, 6) is 0.585. The highest BCUT2D eigenvalue weighted by molar-refractivity contribution is 5.84. The molecule has 0 bridgehead atoms. The second-order valence-corrected chi connectivity index (χ2v) is 6.54. The number of rotatable bonds is 4. The number of primary amides is 1. The van der Waals surface area contributed by atoms with Gasteiger partial charge in [0.25, 0.3) is 0 Å². The third-order valence-electron chi connectivity index (χ3n) is 5.11. The monoisotopic (exact) mass is 267 g/mol. The van der Waals surface area contributed by atoms with E-state index in [1.165, 1.54) is 45.2 Å². The predicted octanol–water partition coefficient (Wildman–Crippen LogP) is 1.62. The minimum atomic E-state index is -0.761. The lowest BCUT2D eigenvalue weighted by molar-refractivity contribution is -0.125. The van der Waals surface area contributed by atoms with Gasteiger partial charge in [0.15, 0.2) is 0 Å². The highest BCUT2D eigenvalue weighted by Crippen LogP contribution is 2.32. The van der Waals surface area contributed by atoms with Gasteiger partial charge in [0.05, 0.1) is 5.54 Å². The molecule has 0 aromatic carbocycles. The van der Waals surface area contributed by atoms with Gasteiger partial charge in [-0.2, -0.15) is 0 Å². The Hall–Kier alpha value is -0.610. The number of likely N-dealkylation sites (tertiary alicyclic amines) is 1. The average molecular weight is 267 g/mol. The van der Waals surface area contributed by atoms with E-state index in [-0.39, 0.29) is 5.91 Å². The Balaban J connectivity index is 1.87. The molecule has 1 saturated carbocycles. The lowest BCUT2D eigenvalue weighted by Crippen LogP contribution is -2.58. The van der Waals surface area contributed by atoms with Crippen LogP contribution in [0.25, 0.3) is 0 Å². The highest BCUT2D eigenvalue weighted by atomic mass is 16.1. The van der Waals surface area contributed by atoms with Gasteiger partial charge in [0.1, 0.15) is 0 Å². The third-order valence-corrected chi connectivity index (χ3v) is 5.11. The summed E-state index contributed by atoms with van der Waals surface area (Å²) in [7, 11) is 0. The average Bonchev–Trinajstić information content (AvgIpc) is 2.40. The van der Waals surface area contributed by atoms with E-state index in [0.29, 0.717) is 6.04 Å². The standard InChI is InChI=1S/C15H29N3O/c1-2-4-12-6-9-18(10-7-12)13-5-3-8-15(17,11-13)14(16)19/h12-13H,2-11,17H2,1H3,(H2,16,19). The summed E-state index contributed by atoms with van der Waals surface area (Å²) >= 11 is 0. The lowest BCUT2D eigenvalue weighted by Gasteiger charge is -2.43. The lowest BCUT2D eigenvalue weighted by atomic mass is 9.78. The molecule has 0 spiro atoms. The Kier molecular flexibility index (Phi) is 4.85. The molecule has 110 valence electrons. The second kappa shape index (κ2) is 6.23. The first kappa shape index (κ1) is 14.8. The molecule has 2 aliphatic rings. The molecule has 1 amide bonds. The fourth-order valence-electron chi connectivity index (χ4n) is 3.83. The fraction of sp³-hybridized carbons (Fsp3) is 0.933. The minimum Gasteiger partial charge on any atom is -0.368 e. The number of nitrogens with two attached hydrogens (primary N) is 2. The number of hydrogen-bond acceptors (Lipinski definition) is 3. The van der Waals surface area contributed by atoms with Crippen molar-refractivity contribution in [3.05, 3.63) is 0 Å². The molecule has 4 nitrogen and oxygen atoms in total. The molecular weight excluding hydrogens is 238 g/mol. The molecule has 2 fully saturated rings. The van der Waals surface area contributed by atoms with Crippen LogP contribution in [0.3, 0.4) is 0 Å². The maximum Gasteiger partial charge on any atom is 0.237 e. The summed E-state index contributed by atoms with van der Waals surface area (Å²) in [6, 6.07) is 0.467. The Morgan fingerprint density at radius 3 is 2.58 bits per heavy atom. The summed E-state index contributed by atoms with van der Waals surface area (Å²) in [4.78, 5) is 14.1. The van der Waals surface area contributed by atoms with E-state index < -0.39 is 5.54 Å². The molecule has 2 unspecified atom stereocenters. The second-order valence-electron chi connectivity index (χ2n) is 6.54. The smallest absolute Gasteiger partial charge is 0.237 e. The summed E-state index contributed by atoms with van der Waals surface area (Å²) in [5.41, 5.74) is 10.9. The van der Waals surface area contributed by atoms with Gasteiger partial charge in [0.2, 0.25) is 5.91 Å². The molecule has 0 aromatic heterocycles. The van der Waals surface area contributed by atoms with Crippen LogP contribution >= 0.6 is 0 Å². The summed E-state index contributed by atoms with van der Waals surface area (Å²) < 4.78 is 0. The van der Waals surface area contributed by atoms with Crippen molar-refractivity contribution >= 4 is 5.91 Å². The molecule has 2 rings (SSSR count). The van der Waals surface area contributed by atoms with Crippen LogP contribution in [0.4, 0.5) is 0 Å². The normalized spacial score (nSPS) is 34.3. The summed E-state index contributed by atoms with van der Waals surface area (Å²) in [6.07, 6.45) is 8.97. The molecule has 0 radical (unpaired) electrons. The van der Waals surface area contributed by atoms with E-state index in [1.54, 1.807) is 0 Å². The Bertz CT molecular complexity index is 313. The van der Waals surface area contributed by atoms with E-state index in [1.807, 2.05) is 0 Å². The SMILES string of the molecule is CCCC1CCN(C2CCCC(N)(C(N)=O)C2)CC1. The topological polar surface area (TPSA) is 72.3 Å². The van der Waals surface area contributed by atoms with Gasteiger partial charge in [-0.05, 0) is 57.5 Å². The quantitative estimate of drug-likeness (QED) is 0.813. The Labute approximate surface area is 116 Å². The number of hydrogen-bond donors (Lipinski definition) is 2. The molecule has 0 aromatic rings. The summed E-state index contributed by atoms with van der Waals surface area (Å²) in [6.45, 7) is 4.61. The Morgan fingerprint density at radius 1 is 1.32 bits per heavy atom. The molecule has 2 atom stereocenters. The van der Waals surface area contributed by atoms with Crippen molar-refractivity contribution < 1.29 is 4.79 Å². The van der Waals surface area contributed by atoms with Gasteiger partial charge < -0.3 is 16.4 Å². The van der Waals surface area contributed by atoms with E-state index in [9.17, 15) is 4.79 Å². The van der Waals surface area contributed by atoms with E-state index in [2.05, 4.69) is 11.8 Å². The third kappa shape index (κ3) is 3.48. The highest BCUT2D eigenvalue weighted by Gasteiger charge is 2.40. The maximum absolute atomic E-state index is 11.5. The molecule has 1 aliphatic heterocycles. The van der Waals surface area contributed by atoms with Crippen LogP contribution in [0.2, 0.25) is 0 Å².